The molecule has 8 heteroatoms. The molecule has 4 aromatic rings. The zero-order valence-corrected chi connectivity index (χ0v) is 17.6. The van der Waals surface area contributed by atoms with Gasteiger partial charge in [0.2, 0.25) is 0 Å². The Morgan fingerprint density at radius 2 is 2.03 bits per heavy atom. The molecule has 5 rings (SSSR count). The van der Waals surface area contributed by atoms with Gasteiger partial charge in [0.05, 0.1) is 48.7 Å². The molecule has 3 aromatic heterocycles. The summed E-state index contributed by atoms with van der Waals surface area (Å²) in [5, 5.41) is 14.7. The number of aromatic nitrogens is 5. The minimum atomic E-state index is -0.00614. The summed E-state index contributed by atoms with van der Waals surface area (Å²) in [6, 6.07) is 12.0. The van der Waals surface area contributed by atoms with E-state index in [1.807, 2.05) is 49.6 Å². The summed E-state index contributed by atoms with van der Waals surface area (Å²) in [7, 11) is 1.88. The molecule has 1 aliphatic heterocycles. The number of hydrogen-bond acceptors (Lipinski definition) is 7. The van der Waals surface area contributed by atoms with Gasteiger partial charge in [-0.1, -0.05) is 18.2 Å². The van der Waals surface area contributed by atoms with E-state index in [0.717, 1.165) is 40.1 Å². The van der Waals surface area contributed by atoms with Crippen molar-refractivity contribution in [1.29, 1.82) is 0 Å². The van der Waals surface area contributed by atoms with E-state index < -0.39 is 0 Å². The van der Waals surface area contributed by atoms with E-state index in [-0.39, 0.29) is 12.6 Å². The van der Waals surface area contributed by atoms with Crippen molar-refractivity contribution in [3.63, 3.8) is 0 Å². The Kier molecular flexibility index (Phi) is 5.09. The monoisotopic (exact) mass is 416 g/mol. The van der Waals surface area contributed by atoms with Gasteiger partial charge in [-0.05, 0) is 30.7 Å². The molecule has 0 aliphatic carbocycles. The molecule has 0 saturated carbocycles. The number of rotatable bonds is 4. The molecule has 0 unspecified atom stereocenters. The third-order valence-electron chi connectivity index (χ3n) is 5.55. The lowest BCUT2D eigenvalue weighted by atomic mass is 10.1. The summed E-state index contributed by atoms with van der Waals surface area (Å²) in [6.45, 7) is 4.22. The zero-order chi connectivity index (χ0) is 21.4. The van der Waals surface area contributed by atoms with Crippen molar-refractivity contribution >= 4 is 16.9 Å². The molecule has 31 heavy (non-hydrogen) atoms. The second kappa shape index (κ2) is 8.05. The fourth-order valence-electron chi connectivity index (χ4n) is 3.91. The van der Waals surface area contributed by atoms with Gasteiger partial charge in [0, 0.05) is 25.4 Å². The third-order valence-corrected chi connectivity index (χ3v) is 5.55. The molecule has 1 aliphatic rings. The topological polar surface area (TPSA) is 89.2 Å². The number of fused-ring (bicyclic) bond motifs is 1. The Morgan fingerprint density at radius 1 is 1.13 bits per heavy atom. The molecule has 1 N–H and O–H groups in total. The zero-order valence-electron chi connectivity index (χ0n) is 17.6. The second-order valence-corrected chi connectivity index (χ2v) is 7.82. The third kappa shape index (κ3) is 3.75. The molecule has 1 atom stereocenters. The van der Waals surface area contributed by atoms with Crippen LogP contribution in [0.2, 0.25) is 0 Å². The molecule has 0 amide bonds. The van der Waals surface area contributed by atoms with Crippen LogP contribution >= 0.6 is 0 Å². The fourth-order valence-corrected chi connectivity index (χ4v) is 3.91. The van der Waals surface area contributed by atoms with Crippen LogP contribution in [-0.2, 0) is 18.4 Å². The number of aryl methyl sites for hydroxylation is 1. The summed E-state index contributed by atoms with van der Waals surface area (Å²) < 4.78 is 7.37. The van der Waals surface area contributed by atoms with Gasteiger partial charge < -0.3 is 14.7 Å². The number of nitrogens with zero attached hydrogens (tertiary/aromatic N) is 6. The summed E-state index contributed by atoms with van der Waals surface area (Å²) in [5.74, 6) is 1.46. The Balaban J connectivity index is 1.69. The van der Waals surface area contributed by atoms with Crippen LogP contribution in [0, 0.1) is 0 Å². The summed E-state index contributed by atoms with van der Waals surface area (Å²) in [5.41, 5.74) is 4.08. The smallest absolute Gasteiger partial charge is 0.167 e. The Bertz CT molecular complexity index is 1240. The number of anilines is 1. The number of benzene rings is 1. The van der Waals surface area contributed by atoms with Gasteiger partial charge in [-0.15, -0.1) is 0 Å². The van der Waals surface area contributed by atoms with Gasteiger partial charge in [0.1, 0.15) is 5.82 Å². The normalized spacial score (nSPS) is 16.7. The number of hydrogen-bond donors (Lipinski definition) is 1. The van der Waals surface area contributed by atoms with E-state index in [1.54, 1.807) is 10.9 Å². The first-order valence-corrected chi connectivity index (χ1v) is 10.3. The molecule has 1 fully saturated rings. The average molecular weight is 416 g/mol. The van der Waals surface area contributed by atoms with Crippen molar-refractivity contribution in [2.75, 3.05) is 24.7 Å². The quantitative estimate of drug-likeness (QED) is 0.547. The van der Waals surface area contributed by atoms with Crippen molar-refractivity contribution < 1.29 is 9.84 Å². The summed E-state index contributed by atoms with van der Waals surface area (Å²) in [6.07, 6.45) is 3.67. The van der Waals surface area contributed by atoms with E-state index in [9.17, 15) is 5.11 Å². The predicted octanol–water partition coefficient (Wildman–Crippen LogP) is 2.81. The van der Waals surface area contributed by atoms with Crippen LogP contribution < -0.4 is 4.90 Å². The van der Waals surface area contributed by atoms with Gasteiger partial charge >= 0.3 is 0 Å². The fraction of sp³-hybridized carbons (Fsp3) is 0.304. The van der Waals surface area contributed by atoms with Crippen LogP contribution in [0.4, 0.5) is 5.82 Å². The van der Waals surface area contributed by atoms with Crippen LogP contribution in [0.5, 0.6) is 0 Å². The van der Waals surface area contributed by atoms with E-state index >= 15 is 0 Å². The minimum absolute atomic E-state index is 0.00614. The van der Waals surface area contributed by atoms with Gasteiger partial charge in [-0.25, -0.2) is 15.0 Å². The maximum Gasteiger partial charge on any atom is 0.167 e. The van der Waals surface area contributed by atoms with Crippen molar-refractivity contribution in [3.8, 4) is 22.6 Å². The van der Waals surface area contributed by atoms with Gasteiger partial charge in [0.15, 0.2) is 11.5 Å². The average Bonchev–Trinajstić information content (AvgIpc) is 3.24. The molecule has 158 valence electrons. The molecular weight excluding hydrogens is 392 g/mol. The molecule has 8 nitrogen and oxygen atoms in total. The van der Waals surface area contributed by atoms with Crippen molar-refractivity contribution in [2.24, 2.45) is 7.05 Å². The lowest BCUT2D eigenvalue weighted by Gasteiger charge is -2.34. The molecule has 0 radical (unpaired) electrons. The van der Waals surface area contributed by atoms with E-state index in [1.165, 1.54) is 0 Å². The van der Waals surface area contributed by atoms with Crippen molar-refractivity contribution in [1.82, 2.24) is 24.7 Å². The van der Waals surface area contributed by atoms with Crippen LogP contribution in [0.1, 0.15) is 12.5 Å². The summed E-state index contributed by atoms with van der Waals surface area (Å²) in [4.78, 5) is 16.8. The standard InChI is InChI=1S/C23H24N6O2/c1-15-14-31-9-8-29(15)23-19-6-7-20(17-5-3-4-16(10-17)13-30)25-22(19)26-21(27-23)18-11-24-28(2)12-18/h3-7,10-12,15,30H,8-9,13-14H2,1-2H3/t15-/m0/s1. The Morgan fingerprint density at radius 3 is 2.81 bits per heavy atom. The highest BCUT2D eigenvalue weighted by molar-refractivity contribution is 5.90. The highest BCUT2D eigenvalue weighted by Crippen LogP contribution is 2.31. The first-order chi connectivity index (χ1) is 15.1. The predicted molar refractivity (Wildman–Crippen MR) is 119 cm³/mol. The van der Waals surface area contributed by atoms with E-state index in [0.29, 0.717) is 24.7 Å². The number of morpholine rings is 1. The van der Waals surface area contributed by atoms with Gasteiger partial charge in [-0.3, -0.25) is 4.68 Å². The highest BCUT2D eigenvalue weighted by Gasteiger charge is 2.24. The molecule has 1 saturated heterocycles. The lowest BCUT2D eigenvalue weighted by molar-refractivity contribution is 0.0987. The van der Waals surface area contributed by atoms with Crippen molar-refractivity contribution in [2.45, 2.75) is 19.6 Å². The van der Waals surface area contributed by atoms with Crippen LogP contribution in [-0.4, -0.2) is 55.6 Å². The first-order valence-electron chi connectivity index (χ1n) is 10.3. The Hall–Kier alpha value is -3.36. The Labute approximate surface area is 180 Å². The van der Waals surface area contributed by atoms with E-state index in [2.05, 4.69) is 16.9 Å². The molecule has 4 heterocycles. The number of aliphatic hydroxyl groups excluding tert-OH is 1. The maximum atomic E-state index is 9.49. The maximum absolute atomic E-state index is 9.49. The molecule has 1 aromatic carbocycles. The molecule has 0 spiro atoms. The molecule has 0 bridgehead atoms. The SMILES string of the molecule is C[C@H]1COCCN1c1nc(-c2cnn(C)c2)nc2nc(-c3cccc(CO)c3)ccc12. The van der Waals surface area contributed by atoms with Crippen LogP contribution in [0.25, 0.3) is 33.7 Å². The first kappa shape index (κ1) is 19.6. The van der Waals surface area contributed by atoms with Crippen molar-refractivity contribution in [3.05, 3.63) is 54.4 Å². The van der Waals surface area contributed by atoms with Crippen LogP contribution in [0.3, 0.4) is 0 Å². The minimum Gasteiger partial charge on any atom is -0.392 e. The number of aliphatic hydroxyl groups is 1. The molecular formula is C23H24N6O2. The number of ether oxygens (including phenoxy) is 1. The highest BCUT2D eigenvalue weighted by atomic mass is 16.5. The van der Waals surface area contributed by atoms with E-state index in [4.69, 9.17) is 19.7 Å². The number of pyridine rings is 1. The summed E-state index contributed by atoms with van der Waals surface area (Å²) >= 11 is 0. The van der Waals surface area contributed by atoms with Crippen LogP contribution in [0.15, 0.2) is 48.8 Å². The van der Waals surface area contributed by atoms with Gasteiger partial charge in [0.25, 0.3) is 0 Å². The lowest BCUT2D eigenvalue weighted by Crippen LogP contribution is -2.44. The second-order valence-electron chi connectivity index (χ2n) is 7.82. The van der Waals surface area contributed by atoms with Gasteiger partial charge in [-0.2, -0.15) is 5.10 Å². The largest absolute Gasteiger partial charge is 0.392 e.